The largest absolute Gasteiger partial charge is 0.352 e. The van der Waals surface area contributed by atoms with Crippen molar-refractivity contribution in [3.63, 3.8) is 0 Å². The summed E-state index contributed by atoms with van der Waals surface area (Å²) < 4.78 is 0. The fourth-order valence-corrected chi connectivity index (χ4v) is 3.98. The van der Waals surface area contributed by atoms with Gasteiger partial charge < -0.3 is 10.2 Å². The first-order valence-electron chi connectivity index (χ1n) is 11.8. The van der Waals surface area contributed by atoms with Gasteiger partial charge in [-0.3, -0.25) is 9.59 Å². The zero-order chi connectivity index (χ0) is 24.5. The van der Waals surface area contributed by atoms with E-state index in [0.717, 1.165) is 17.5 Å². The molecular formula is C27H36Cl2N2O2. The minimum absolute atomic E-state index is 0.0490. The third-order valence-electron chi connectivity index (χ3n) is 6.00. The summed E-state index contributed by atoms with van der Waals surface area (Å²) in [6.45, 7) is 10.5. The minimum Gasteiger partial charge on any atom is -0.352 e. The number of amides is 2. The lowest BCUT2D eigenvalue weighted by Gasteiger charge is -2.31. The zero-order valence-corrected chi connectivity index (χ0v) is 21.8. The SMILES string of the molecule is CC[C@H](C(=O)N[C@@H](C)CC)N(Cc1ccc(Cl)c(Cl)c1)C(=O)CCc1ccc(C(C)C)cc1. The Morgan fingerprint density at radius 3 is 2.09 bits per heavy atom. The average molecular weight is 492 g/mol. The molecule has 0 aliphatic rings. The third kappa shape index (κ3) is 8.04. The second kappa shape index (κ2) is 13.0. The van der Waals surface area contributed by atoms with Crippen molar-refractivity contribution >= 4 is 35.0 Å². The van der Waals surface area contributed by atoms with Crippen LogP contribution in [0.5, 0.6) is 0 Å². The molecule has 33 heavy (non-hydrogen) atoms. The van der Waals surface area contributed by atoms with Gasteiger partial charge in [-0.15, -0.1) is 0 Å². The Balaban J connectivity index is 2.22. The van der Waals surface area contributed by atoms with Crippen molar-refractivity contribution in [2.75, 3.05) is 0 Å². The Hall–Kier alpha value is -2.04. The summed E-state index contributed by atoms with van der Waals surface area (Å²) in [5, 5.41) is 3.93. The Labute approximate surface area is 208 Å². The van der Waals surface area contributed by atoms with E-state index in [4.69, 9.17) is 23.2 Å². The molecule has 0 saturated carbocycles. The summed E-state index contributed by atoms with van der Waals surface area (Å²) >= 11 is 12.3. The maximum atomic E-state index is 13.4. The van der Waals surface area contributed by atoms with E-state index in [2.05, 4.69) is 43.4 Å². The summed E-state index contributed by atoms with van der Waals surface area (Å²) in [6.07, 6.45) is 2.31. The number of nitrogens with zero attached hydrogens (tertiary/aromatic N) is 1. The van der Waals surface area contributed by atoms with Crippen molar-refractivity contribution in [3.05, 3.63) is 69.2 Å². The van der Waals surface area contributed by atoms with Crippen molar-refractivity contribution < 1.29 is 9.59 Å². The summed E-state index contributed by atoms with van der Waals surface area (Å²) in [6, 6.07) is 13.2. The summed E-state index contributed by atoms with van der Waals surface area (Å²) in [5.74, 6) is 0.290. The average Bonchev–Trinajstić information content (AvgIpc) is 2.79. The van der Waals surface area contributed by atoms with Crippen LogP contribution in [-0.2, 0) is 22.6 Å². The zero-order valence-electron chi connectivity index (χ0n) is 20.3. The molecule has 0 aromatic heterocycles. The van der Waals surface area contributed by atoms with E-state index in [1.54, 1.807) is 17.0 Å². The Kier molecular flexibility index (Phi) is 10.7. The number of benzene rings is 2. The fraction of sp³-hybridized carbons (Fsp3) is 0.481. The lowest BCUT2D eigenvalue weighted by atomic mass is 10.00. The van der Waals surface area contributed by atoms with E-state index < -0.39 is 6.04 Å². The van der Waals surface area contributed by atoms with Gasteiger partial charge >= 0.3 is 0 Å². The Morgan fingerprint density at radius 2 is 1.55 bits per heavy atom. The van der Waals surface area contributed by atoms with Gasteiger partial charge in [-0.2, -0.15) is 0 Å². The van der Waals surface area contributed by atoms with Crippen LogP contribution in [0.4, 0.5) is 0 Å². The van der Waals surface area contributed by atoms with E-state index in [-0.39, 0.29) is 17.9 Å². The van der Waals surface area contributed by atoms with Gasteiger partial charge in [-0.25, -0.2) is 0 Å². The highest BCUT2D eigenvalue weighted by Crippen LogP contribution is 2.24. The Bertz CT molecular complexity index is 928. The first kappa shape index (κ1) is 27.2. The first-order chi connectivity index (χ1) is 15.7. The molecule has 0 fully saturated rings. The van der Waals surface area contributed by atoms with Crippen LogP contribution < -0.4 is 5.32 Å². The maximum Gasteiger partial charge on any atom is 0.243 e. The standard InChI is InChI=1S/C27H36Cl2N2O2/c1-6-19(5)30-27(33)25(7-2)31(17-21-10-14-23(28)24(29)16-21)26(32)15-11-20-8-12-22(13-9-20)18(3)4/h8-10,12-14,16,18-19,25H,6-7,11,15,17H2,1-5H3,(H,30,33)/t19-,25+/m0/s1. The minimum atomic E-state index is -0.552. The fourth-order valence-electron chi connectivity index (χ4n) is 3.66. The van der Waals surface area contributed by atoms with Gasteiger partial charge in [0.25, 0.3) is 0 Å². The van der Waals surface area contributed by atoms with Crippen LogP contribution >= 0.6 is 23.2 Å². The lowest BCUT2D eigenvalue weighted by molar-refractivity contribution is -0.141. The van der Waals surface area contributed by atoms with Gasteiger partial charge in [0, 0.05) is 19.0 Å². The molecular weight excluding hydrogens is 455 g/mol. The van der Waals surface area contributed by atoms with Crippen molar-refractivity contribution in [3.8, 4) is 0 Å². The number of hydrogen-bond acceptors (Lipinski definition) is 2. The highest BCUT2D eigenvalue weighted by atomic mass is 35.5. The van der Waals surface area contributed by atoms with Gasteiger partial charge in [0.2, 0.25) is 11.8 Å². The second-order valence-corrected chi connectivity index (χ2v) is 9.72. The number of rotatable bonds is 11. The molecule has 1 N–H and O–H groups in total. The highest BCUT2D eigenvalue weighted by Gasteiger charge is 2.29. The van der Waals surface area contributed by atoms with Gasteiger partial charge in [0.05, 0.1) is 10.0 Å². The van der Waals surface area contributed by atoms with Crippen molar-refractivity contribution in [1.82, 2.24) is 10.2 Å². The molecule has 0 aliphatic carbocycles. The molecule has 2 rings (SSSR count). The second-order valence-electron chi connectivity index (χ2n) is 8.91. The normalized spacial score (nSPS) is 13.0. The molecule has 0 aliphatic heterocycles. The summed E-state index contributed by atoms with van der Waals surface area (Å²) in [7, 11) is 0. The molecule has 2 amide bonds. The number of nitrogens with one attached hydrogen (secondary N) is 1. The van der Waals surface area contributed by atoms with Crippen molar-refractivity contribution in [1.29, 1.82) is 0 Å². The van der Waals surface area contributed by atoms with Crippen LogP contribution in [-0.4, -0.2) is 28.8 Å². The van der Waals surface area contributed by atoms with Crippen LogP contribution in [0, 0.1) is 0 Å². The summed E-state index contributed by atoms with van der Waals surface area (Å²) in [4.78, 5) is 28.1. The van der Waals surface area contributed by atoms with Gasteiger partial charge in [-0.05, 0) is 60.9 Å². The maximum absolute atomic E-state index is 13.4. The monoisotopic (exact) mass is 490 g/mol. The van der Waals surface area contributed by atoms with Crippen molar-refractivity contribution in [2.45, 2.75) is 84.8 Å². The van der Waals surface area contributed by atoms with Gasteiger partial charge in [-0.1, -0.05) is 81.2 Å². The van der Waals surface area contributed by atoms with Gasteiger partial charge in [0.15, 0.2) is 0 Å². The lowest BCUT2D eigenvalue weighted by Crippen LogP contribution is -2.50. The molecule has 0 spiro atoms. The van der Waals surface area contributed by atoms with E-state index in [1.807, 2.05) is 26.8 Å². The number of carbonyl (C=O) groups excluding carboxylic acids is 2. The molecule has 2 atom stereocenters. The van der Waals surface area contributed by atoms with Gasteiger partial charge in [0.1, 0.15) is 6.04 Å². The molecule has 0 radical (unpaired) electrons. The molecule has 0 unspecified atom stereocenters. The topological polar surface area (TPSA) is 49.4 Å². The predicted molar refractivity (Wildman–Crippen MR) is 138 cm³/mol. The van der Waals surface area contributed by atoms with E-state index in [9.17, 15) is 9.59 Å². The molecule has 6 heteroatoms. The molecule has 4 nitrogen and oxygen atoms in total. The Morgan fingerprint density at radius 1 is 0.909 bits per heavy atom. The molecule has 0 heterocycles. The van der Waals surface area contributed by atoms with Crippen LogP contribution in [0.2, 0.25) is 10.0 Å². The van der Waals surface area contributed by atoms with E-state index >= 15 is 0 Å². The molecule has 2 aromatic rings. The predicted octanol–water partition coefficient (Wildman–Crippen LogP) is 6.77. The first-order valence-corrected chi connectivity index (χ1v) is 12.5. The van der Waals surface area contributed by atoms with Crippen LogP contribution in [0.1, 0.15) is 76.5 Å². The molecule has 180 valence electrons. The smallest absolute Gasteiger partial charge is 0.243 e. The van der Waals surface area contributed by atoms with Crippen LogP contribution in [0.15, 0.2) is 42.5 Å². The van der Waals surface area contributed by atoms with Crippen LogP contribution in [0.3, 0.4) is 0 Å². The van der Waals surface area contributed by atoms with Crippen molar-refractivity contribution in [2.24, 2.45) is 0 Å². The van der Waals surface area contributed by atoms with Crippen LogP contribution in [0.25, 0.3) is 0 Å². The number of aryl methyl sites for hydroxylation is 1. The van der Waals surface area contributed by atoms with E-state index in [0.29, 0.717) is 41.8 Å². The summed E-state index contributed by atoms with van der Waals surface area (Å²) in [5.41, 5.74) is 3.23. The molecule has 2 aromatic carbocycles. The molecule has 0 bridgehead atoms. The third-order valence-corrected chi connectivity index (χ3v) is 6.74. The molecule has 0 saturated heterocycles. The number of carbonyl (C=O) groups is 2. The number of halogens is 2. The number of hydrogen-bond donors (Lipinski definition) is 1. The van der Waals surface area contributed by atoms with E-state index in [1.165, 1.54) is 5.56 Å². The highest BCUT2D eigenvalue weighted by molar-refractivity contribution is 6.42. The quantitative estimate of drug-likeness (QED) is 0.377.